The first-order valence-corrected chi connectivity index (χ1v) is 6.66. The maximum atomic E-state index is 10.9. The first-order chi connectivity index (χ1) is 7.89. The van der Waals surface area contributed by atoms with Crippen molar-refractivity contribution in [3.05, 3.63) is 0 Å². The Morgan fingerprint density at radius 2 is 1.24 bits per heavy atom. The lowest BCUT2D eigenvalue weighted by Gasteiger charge is -2.29. The standard InChI is InChI=1S/C9H20O7S/c1-12-8(13-2)7(9(14-3)15-4)6-16-17(5,10)11/h7-9H,6H2,1-5H3. The summed E-state index contributed by atoms with van der Waals surface area (Å²) in [5, 5.41) is 0. The zero-order valence-electron chi connectivity index (χ0n) is 10.7. The average Bonchev–Trinajstić information content (AvgIpc) is 2.26. The topological polar surface area (TPSA) is 80.3 Å². The molecule has 0 bridgehead atoms. The molecule has 0 N–H and O–H groups in total. The minimum atomic E-state index is -3.54. The highest BCUT2D eigenvalue weighted by molar-refractivity contribution is 7.85. The summed E-state index contributed by atoms with van der Waals surface area (Å²) in [5.41, 5.74) is 0. The van der Waals surface area contributed by atoms with Crippen molar-refractivity contribution in [3.8, 4) is 0 Å². The van der Waals surface area contributed by atoms with E-state index in [1.54, 1.807) is 0 Å². The van der Waals surface area contributed by atoms with Gasteiger partial charge in [0.1, 0.15) is 0 Å². The molecule has 0 saturated heterocycles. The van der Waals surface area contributed by atoms with Crippen LogP contribution in [0.5, 0.6) is 0 Å². The number of ether oxygens (including phenoxy) is 4. The fourth-order valence-electron chi connectivity index (χ4n) is 1.38. The Morgan fingerprint density at radius 3 is 1.47 bits per heavy atom. The molecule has 0 heterocycles. The van der Waals surface area contributed by atoms with Crippen LogP contribution < -0.4 is 0 Å². The molecule has 0 aromatic rings. The van der Waals surface area contributed by atoms with Crippen LogP contribution >= 0.6 is 0 Å². The van der Waals surface area contributed by atoms with E-state index in [0.717, 1.165) is 6.26 Å². The van der Waals surface area contributed by atoms with E-state index in [9.17, 15) is 8.42 Å². The SMILES string of the molecule is COC(OC)C(COS(C)(=O)=O)C(OC)OC. The second-order valence-corrected chi connectivity index (χ2v) is 4.98. The van der Waals surface area contributed by atoms with Crippen molar-refractivity contribution in [1.82, 2.24) is 0 Å². The molecule has 0 aliphatic carbocycles. The molecule has 0 fully saturated rings. The smallest absolute Gasteiger partial charge is 0.264 e. The van der Waals surface area contributed by atoms with Crippen molar-refractivity contribution in [2.45, 2.75) is 12.6 Å². The highest BCUT2D eigenvalue weighted by atomic mass is 32.2. The maximum Gasteiger partial charge on any atom is 0.264 e. The Kier molecular flexibility index (Phi) is 7.84. The van der Waals surface area contributed by atoms with Crippen molar-refractivity contribution < 1.29 is 31.5 Å². The lowest BCUT2D eigenvalue weighted by Crippen LogP contribution is -2.40. The molecular weight excluding hydrogens is 252 g/mol. The van der Waals surface area contributed by atoms with E-state index in [-0.39, 0.29) is 6.61 Å². The summed E-state index contributed by atoms with van der Waals surface area (Å²) in [6.07, 6.45) is -0.420. The molecule has 0 aromatic carbocycles. The van der Waals surface area contributed by atoms with E-state index in [4.69, 9.17) is 23.1 Å². The molecule has 0 amide bonds. The molecule has 0 aromatic heterocycles. The van der Waals surface area contributed by atoms with Crippen molar-refractivity contribution >= 4 is 10.1 Å². The van der Waals surface area contributed by atoms with Gasteiger partial charge in [0.05, 0.1) is 18.8 Å². The lowest BCUT2D eigenvalue weighted by molar-refractivity contribution is -0.227. The Labute approximate surface area is 102 Å². The molecule has 0 unspecified atom stereocenters. The van der Waals surface area contributed by atoms with Crippen LogP contribution in [0.4, 0.5) is 0 Å². The molecule has 0 atom stereocenters. The van der Waals surface area contributed by atoms with E-state index < -0.39 is 28.6 Å². The van der Waals surface area contributed by atoms with Gasteiger partial charge in [0, 0.05) is 28.4 Å². The summed E-state index contributed by atoms with van der Waals surface area (Å²) in [7, 11) is 2.20. The molecule has 104 valence electrons. The van der Waals surface area contributed by atoms with Crippen molar-refractivity contribution in [1.29, 1.82) is 0 Å². The van der Waals surface area contributed by atoms with Crippen LogP contribution in [0.1, 0.15) is 0 Å². The monoisotopic (exact) mass is 272 g/mol. The summed E-state index contributed by atoms with van der Waals surface area (Å²) < 4.78 is 46.8. The number of hydrogen-bond donors (Lipinski definition) is 0. The van der Waals surface area contributed by atoms with Gasteiger partial charge in [0.25, 0.3) is 10.1 Å². The van der Waals surface area contributed by atoms with Gasteiger partial charge in [-0.15, -0.1) is 0 Å². The van der Waals surface area contributed by atoms with E-state index in [1.165, 1.54) is 28.4 Å². The number of hydrogen-bond acceptors (Lipinski definition) is 7. The summed E-state index contributed by atoms with van der Waals surface area (Å²) in [6.45, 7) is -0.155. The molecule has 0 spiro atoms. The summed E-state index contributed by atoms with van der Waals surface area (Å²) in [5.74, 6) is -0.533. The first-order valence-electron chi connectivity index (χ1n) is 4.85. The predicted octanol–water partition coefficient (Wildman–Crippen LogP) is -0.183. The Balaban J connectivity index is 4.71. The zero-order valence-corrected chi connectivity index (χ0v) is 11.5. The fraction of sp³-hybridized carbons (Fsp3) is 1.00. The van der Waals surface area contributed by atoms with Gasteiger partial charge in [-0.3, -0.25) is 4.18 Å². The third kappa shape index (κ3) is 6.29. The van der Waals surface area contributed by atoms with Crippen LogP contribution in [-0.2, 0) is 33.2 Å². The van der Waals surface area contributed by atoms with E-state index in [2.05, 4.69) is 0 Å². The minimum Gasteiger partial charge on any atom is -0.355 e. The number of methoxy groups -OCH3 is 4. The van der Waals surface area contributed by atoms with Gasteiger partial charge < -0.3 is 18.9 Å². The highest BCUT2D eigenvalue weighted by Crippen LogP contribution is 2.17. The zero-order chi connectivity index (χ0) is 13.5. The molecule has 0 radical (unpaired) electrons. The van der Waals surface area contributed by atoms with E-state index in [1.807, 2.05) is 0 Å². The predicted molar refractivity (Wildman–Crippen MR) is 59.9 cm³/mol. The van der Waals surface area contributed by atoms with Crippen LogP contribution in [0.25, 0.3) is 0 Å². The molecule has 0 aliphatic heterocycles. The van der Waals surface area contributed by atoms with Gasteiger partial charge in [0.2, 0.25) is 0 Å². The van der Waals surface area contributed by atoms with Crippen molar-refractivity contribution in [2.75, 3.05) is 41.3 Å². The van der Waals surface area contributed by atoms with Crippen LogP contribution in [0.3, 0.4) is 0 Å². The third-order valence-corrected chi connectivity index (χ3v) is 2.67. The van der Waals surface area contributed by atoms with Crippen molar-refractivity contribution in [3.63, 3.8) is 0 Å². The molecule has 7 nitrogen and oxygen atoms in total. The van der Waals surface area contributed by atoms with Crippen LogP contribution in [0.15, 0.2) is 0 Å². The van der Waals surface area contributed by atoms with Gasteiger partial charge in [-0.2, -0.15) is 8.42 Å². The molecule has 0 saturated carbocycles. The average molecular weight is 272 g/mol. The third-order valence-electron chi connectivity index (χ3n) is 2.10. The molecule has 17 heavy (non-hydrogen) atoms. The lowest BCUT2D eigenvalue weighted by atomic mass is 10.1. The maximum absolute atomic E-state index is 10.9. The minimum absolute atomic E-state index is 0.155. The van der Waals surface area contributed by atoms with Gasteiger partial charge in [-0.05, 0) is 0 Å². The van der Waals surface area contributed by atoms with Gasteiger partial charge in [0.15, 0.2) is 12.6 Å². The van der Waals surface area contributed by atoms with Gasteiger partial charge in [-0.1, -0.05) is 0 Å². The second-order valence-electron chi connectivity index (χ2n) is 3.33. The van der Waals surface area contributed by atoms with E-state index in [0.29, 0.717) is 0 Å². The normalized spacial score (nSPS) is 12.9. The first kappa shape index (κ1) is 16.8. The van der Waals surface area contributed by atoms with Gasteiger partial charge in [-0.25, -0.2) is 0 Å². The van der Waals surface area contributed by atoms with Gasteiger partial charge >= 0.3 is 0 Å². The van der Waals surface area contributed by atoms with Crippen LogP contribution in [0, 0.1) is 5.92 Å². The second kappa shape index (κ2) is 7.96. The summed E-state index contributed by atoms with van der Waals surface area (Å²) in [4.78, 5) is 0. The van der Waals surface area contributed by atoms with Crippen LogP contribution in [-0.4, -0.2) is 62.3 Å². The van der Waals surface area contributed by atoms with Crippen molar-refractivity contribution in [2.24, 2.45) is 5.92 Å². The van der Waals surface area contributed by atoms with Crippen LogP contribution in [0.2, 0.25) is 0 Å². The summed E-state index contributed by atoms with van der Waals surface area (Å²) in [6, 6.07) is 0. The molecule has 8 heteroatoms. The molecular formula is C9H20O7S. The molecule has 0 aliphatic rings. The Bertz CT molecular complexity index is 270. The highest BCUT2D eigenvalue weighted by Gasteiger charge is 2.31. The fourth-order valence-corrected chi connectivity index (χ4v) is 1.78. The summed E-state index contributed by atoms with van der Waals surface area (Å²) >= 11 is 0. The Hall–Kier alpha value is -0.250. The Morgan fingerprint density at radius 1 is 0.882 bits per heavy atom. The largest absolute Gasteiger partial charge is 0.355 e. The quantitative estimate of drug-likeness (QED) is 0.425. The van der Waals surface area contributed by atoms with E-state index >= 15 is 0 Å². The number of rotatable bonds is 9. The molecule has 0 rings (SSSR count).